The first kappa shape index (κ1) is 19.7. The molecule has 0 aromatic carbocycles. The Balaban J connectivity index is 1.70. The first-order valence-electron chi connectivity index (χ1n) is 9.92. The Bertz CT molecular complexity index is 897. The summed E-state index contributed by atoms with van der Waals surface area (Å²) in [5, 5.41) is 2.76. The van der Waals surface area contributed by atoms with Crippen molar-refractivity contribution < 1.29 is 18.7 Å². The van der Waals surface area contributed by atoms with E-state index in [1.165, 1.54) is 12.3 Å². The van der Waals surface area contributed by atoms with Gasteiger partial charge in [0.25, 0.3) is 5.91 Å². The predicted molar refractivity (Wildman–Crippen MR) is 107 cm³/mol. The van der Waals surface area contributed by atoms with Crippen molar-refractivity contribution in [2.24, 2.45) is 0 Å². The highest BCUT2D eigenvalue weighted by molar-refractivity contribution is 6.05. The van der Waals surface area contributed by atoms with Gasteiger partial charge in [-0.2, -0.15) is 0 Å². The molecule has 29 heavy (non-hydrogen) atoms. The number of carbonyl (C=O) groups is 1. The number of amides is 1. The standard InChI is InChI=1S/C21H25FN4O3/c1-13-11-26(12-14(2)29-13)20-8-18(17-3-5-28-6-4-19(17)25-20)21(27)24-16-7-15(22)9-23-10-16/h7-10,13-14H,3-6,11-12H2,1-2H3,(H,24,27)/t13-,14+. The zero-order valence-corrected chi connectivity index (χ0v) is 16.7. The number of ether oxygens (including phenoxy) is 2. The van der Waals surface area contributed by atoms with Crippen LogP contribution in [-0.4, -0.2) is 54.4 Å². The van der Waals surface area contributed by atoms with E-state index in [1.54, 1.807) is 0 Å². The zero-order valence-electron chi connectivity index (χ0n) is 16.7. The smallest absolute Gasteiger partial charge is 0.256 e. The van der Waals surface area contributed by atoms with Crippen molar-refractivity contribution in [3.05, 3.63) is 47.2 Å². The number of rotatable bonds is 3. The van der Waals surface area contributed by atoms with E-state index < -0.39 is 5.82 Å². The maximum atomic E-state index is 13.5. The fourth-order valence-electron chi connectivity index (χ4n) is 3.95. The van der Waals surface area contributed by atoms with Crippen LogP contribution in [0.4, 0.5) is 15.9 Å². The van der Waals surface area contributed by atoms with Gasteiger partial charge >= 0.3 is 0 Å². The summed E-state index contributed by atoms with van der Waals surface area (Å²) in [5.74, 6) is -0.0366. The van der Waals surface area contributed by atoms with Crippen LogP contribution in [0.25, 0.3) is 0 Å². The molecule has 2 aliphatic rings. The summed E-state index contributed by atoms with van der Waals surface area (Å²) < 4.78 is 24.9. The number of halogens is 1. The lowest BCUT2D eigenvalue weighted by atomic mass is 10.0. The molecule has 2 aromatic rings. The molecule has 0 radical (unpaired) electrons. The minimum Gasteiger partial charge on any atom is -0.381 e. The normalized spacial score (nSPS) is 22.0. The van der Waals surface area contributed by atoms with Crippen LogP contribution >= 0.6 is 0 Å². The number of anilines is 2. The maximum Gasteiger partial charge on any atom is 0.256 e. The summed E-state index contributed by atoms with van der Waals surface area (Å²) in [6, 6.07) is 3.08. The van der Waals surface area contributed by atoms with Crippen molar-refractivity contribution >= 4 is 17.4 Å². The minimum absolute atomic E-state index is 0.0818. The molecule has 154 valence electrons. The lowest BCUT2D eigenvalue weighted by molar-refractivity contribution is -0.00547. The molecule has 2 aromatic heterocycles. The Hall–Kier alpha value is -2.58. The largest absolute Gasteiger partial charge is 0.381 e. The van der Waals surface area contributed by atoms with Gasteiger partial charge in [-0.3, -0.25) is 9.78 Å². The number of fused-ring (bicyclic) bond motifs is 1. The minimum atomic E-state index is -0.498. The number of hydrogen-bond donors (Lipinski definition) is 1. The Kier molecular flexibility index (Phi) is 5.73. The van der Waals surface area contributed by atoms with E-state index in [0.29, 0.717) is 50.4 Å². The molecule has 0 saturated carbocycles. The molecule has 7 nitrogen and oxygen atoms in total. The lowest BCUT2D eigenvalue weighted by Crippen LogP contribution is -2.46. The van der Waals surface area contributed by atoms with Crippen LogP contribution in [-0.2, 0) is 22.3 Å². The highest BCUT2D eigenvalue weighted by atomic mass is 19.1. The van der Waals surface area contributed by atoms with Crippen LogP contribution in [0, 0.1) is 5.82 Å². The summed E-state index contributed by atoms with van der Waals surface area (Å²) in [5.41, 5.74) is 2.64. The van der Waals surface area contributed by atoms with Crippen molar-refractivity contribution in [2.75, 3.05) is 36.5 Å². The van der Waals surface area contributed by atoms with Gasteiger partial charge in [-0.15, -0.1) is 0 Å². The number of nitrogens with one attached hydrogen (secondary N) is 1. The zero-order chi connectivity index (χ0) is 20.4. The summed E-state index contributed by atoms with van der Waals surface area (Å²) in [6.45, 7) is 6.60. The fraction of sp³-hybridized carbons (Fsp3) is 0.476. The van der Waals surface area contributed by atoms with Gasteiger partial charge in [0.2, 0.25) is 0 Å². The summed E-state index contributed by atoms with van der Waals surface area (Å²) >= 11 is 0. The Morgan fingerprint density at radius 3 is 2.69 bits per heavy atom. The molecule has 0 bridgehead atoms. The van der Waals surface area contributed by atoms with Crippen molar-refractivity contribution in [2.45, 2.75) is 38.9 Å². The third kappa shape index (κ3) is 4.54. The molecule has 0 spiro atoms. The van der Waals surface area contributed by atoms with Gasteiger partial charge < -0.3 is 19.7 Å². The second-order valence-electron chi connectivity index (χ2n) is 7.57. The topological polar surface area (TPSA) is 76.6 Å². The molecule has 1 amide bonds. The fourth-order valence-corrected chi connectivity index (χ4v) is 3.95. The molecule has 8 heteroatoms. The summed E-state index contributed by atoms with van der Waals surface area (Å²) in [7, 11) is 0. The first-order valence-corrected chi connectivity index (χ1v) is 9.92. The number of hydrogen-bond acceptors (Lipinski definition) is 6. The molecule has 1 N–H and O–H groups in total. The highest BCUT2D eigenvalue weighted by Crippen LogP contribution is 2.26. The van der Waals surface area contributed by atoms with Gasteiger partial charge in [0.15, 0.2) is 0 Å². The Morgan fingerprint density at radius 2 is 1.93 bits per heavy atom. The second-order valence-corrected chi connectivity index (χ2v) is 7.57. The third-order valence-corrected chi connectivity index (χ3v) is 5.13. The molecule has 0 aliphatic carbocycles. The number of carbonyl (C=O) groups excluding carboxylic acids is 1. The summed E-state index contributed by atoms with van der Waals surface area (Å²) in [4.78, 5) is 23.9. The molecule has 2 aliphatic heterocycles. The van der Waals surface area contributed by atoms with Gasteiger partial charge in [0, 0.05) is 36.8 Å². The maximum absolute atomic E-state index is 13.5. The van der Waals surface area contributed by atoms with Crippen LogP contribution < -0.4 is 10.2 Å². The molecular weight excluding hydrogens is 375 g/mol. The van der Waals surface area contributed by atoms with Gasteiger partial charge in [-0.1, -0.05) is 0 Å². The van der Waals surface area contributed by atoms with Gasteiger partial charge in [0.1, 0.15) is 11.6 Å². The van der Waals surface area contributed by atoms with Gasteiger partial charge in [-0.25, -0.2) is 9.37 Å². The predicted octanol–water partition coefficient (Wildman–Crippen LogP) is 2.60. The molecule has 0 unspecified atom stereocenters. The summed E-state index contributed by atoms with van der Waals surface area (Å²) in [6.07, 6.45) is 3.96. The Morgan fingerprint density at radius 1 is 1.17 bits per heavy atom. The van der Waals surface area contributed by atoms with E-state index in [-0.39, 0.29) is 18.1 Å². The van der Waals surface area contributed by atoms with E-state index in [2.05, 4.69) is 15.2 Å². The van der Waals surface area contributed by atoms with Crippen LogP contribution in [0.3, 0.4) is 0 Å². The third-order valence-electron chi connectivity index (χ3n) is 5.13. The monoisotopic (exact) mass is 400 g/mol. The van der Waals surface area contributed by atoms with Crippen molar-refractivity contribution in [3.8, 4) is 0 Å². The number of nitrogens with zero attached hydrogens (tertiary/aromatic N) is 3. The van der Waals surface area contributed by atoms with Crippen LogP contribution in [0.1, 0.15) is 35.5 Å². The van der Waals surface area contributed by atoms with E-state index in [0.717, 1.165) is 23.3 Å². The quantitative estimate of drug-likeness (QED) is 0.854. The van der Waals surface area contributed by atoms with E-state index in [9.17, 15) is 9.18 Å². The van der Waals surface area contributed by atoms with Crippen molar-refractivity contribution in [3.63, 3.8) is 0 Å². The van der Waals surface area contributed by atoms with E-state index in [1.807, 2.05) is 19.9 Å². The number of aromatic nitrogens is 2. The molecule has 4 heterocycles. The SMILES string of the molecule is C[C@@H]1CN(c2cc(C(=O)Nc3cncc(F)c3)c3c(n2)CCOCC3)C[C@H](C)O1. The Labute approximate surface area is 169 Å². The van der Waals surface area contributed by atoms with E-state index in [4.69, 9.17) is 14.5 Å². The molecule has 4 rings (SSSR count). The van der Waals surface area contributed by atoms with Crippen LogP contribution in [0.5, 0.6) is 0 Å². The average Bonchev–Trinajstić information content (AvgIpc) is 2.92. The van der Waals surface area contributed by atoms with E-state index >= 15 is 0 Å². The van der Waals surface area contributed by atoms with Crippen LogP contribution in [0.15, 0.2) is 24.5 Å². The second kappa shape index (κ2) is 8.42. The van der Waals surface area contributed by atoms with Crippen molar-refractivity contribution in [1.82, 2.24) is 9.97 Å². The molecule has 1 saturated heterocycles. The lowest BCUT2D eigenvalue weighted by Gasteiger charge is -2.36. The number of morpholine rings is 1. The van der Waals surface area contributed by atoms with Crippen molar-refractivity contribution in [1.29, 1.82) is 0 Å². The highest BCUT2D eigenvalue weighted by Gasteiger charge is 2.27. The van der Waals surface area contributed by atoms with Gasteiger partial charge in [0.05, 0.1) is 43.5 Å². The molecular formula is C21H25FN4O3. The first-order chi connectivity index (χ1) is 14.0. The molecule has 1 fully saturated rings. The van der Waals surface area contributed by atoms with Gasteiger partial charge in [-0.05, 0) is 31.9 Å². The number of pyridine rings is 2. The molecule has 2 atom stereocenters. The average molecular weight is 400 g/mol. The van der Waals surface area contributed by atoms with Crippen LogP contribution in [0.2, 0.25) is 0 Å².